The van der Waals surface area contributed by atoms with Gasteiger partial charge in [-0.05, 0) is 37.6 Å². The van der Waals surface area contributed by atoms with Crippen LogP contribution in [0.3, 0.4) is 0 Å². The van der Waals surface area contributed by atoms with Crippen LogP contribution in [-0.4, -0.2) is 41.1 Å². The summed E-state index contributed by atoms with van der Waals surface area (Å²) in [7, 11) is 0. The Kier molecular flexibility index (Phi) is 4.86. The number of rotatable bonds is 4. The largest absolute Gasteiger partial charge is 0.465 e. The first-order chi connectivity index (χ1) is 13.2. The van der Waals surface area contributed by atoms with Gasteiger partial charge in [0.15, 0.2) is 11.5 Å². The van der Waals surface area contributed by atoms with Crippen molar-refractivity contribution in [2.45, 2.75) is 38.6 Å². The van der Waals surface area contributed by atoms with Crippen molar-refractivity contribution in [2.24, 2.45) is 5.41 Å². The molecule has 0 aromatic carbocycles. The van der Waals surface area contributed by atoms with E-state index in [0.717, 1.165) is 24.1 Å². The van der Waals surface area contributed by atoms with E-state index in [9.17, 15) is 9.59 Å². The molecule has 4 rings (SSSR count). The molecule has 1 aliphatic carbocycles. The zero-order chi connectivity index (χ0) is 18.9. The molecule has 2 aliphatic rings. The first-order valence-corrected chi connectivity index (χ1v) is 10.2. The maximum absolute atomic E-state index is 13.2. The van der Waals surface area contributed by atoms with Gasteiger partial charge in [0.25, 0.3) is 5.91 Å². The van der Waals surface area contributed by atoms with Crippen LogP contribution in [0.4, 0.5) is 0 Å². The van der Waals surface area contributed by atoms with E-state index in [1.54, 1.807) is 11.0 Å². The molecule has 7 heteroatoms. The molecule has 1 amide bonds. The standard InChI is InChI=1S/C20H22N2O4S/c1-2-25-19(24)20-9-3-4-11-22(17(20)8-5-10-20)18(23)14-13-15(26-21-14)16-7-6-12-27-16/h3-4,6-7,12-13,17H,2,5,8-11H2,1H3/t17-,20-/m1/s1. The topological polar surface area (TPSA) is 72.6 Å². The summed E-state index contributed by atoms with van der Waals surface area (Å²) in [6, 6.07) is 5.36. The number of hydrogen-bond donors (Lipinski definition) is 0. The van der Waals surface area contributed by atoms with Crippen molar-refractivity contribution in [3.8, 4) is 10.6 Å². The summed E-state index contributed by atoms with van der Waals surface area (Å²) in [6.45, 7) is 2.62. The van der Waals surface area contributed by atoms with Crippen molar-refractivity contribution in [3.05, 3.63) is 41.4 Å². The normalized spacial score (nSPS) is 24.5. The Labute approximate surface area is 161 Å². The fourth-order valence-electron chi connectivity index (χ4n) is 4.23. The molecule has 3 heterocycles. The van der Waals surface area contributed by atoms with Crippen LogP contribution in [0.25, 0.3) is 10.6 Å². The smallest absolute Gasteiger partial charge is 0.314 e. The molecule has 0 spiro atoms. The lowest BCUT2D eigenvalue weighted by molar-refractivity contribution is -0.157. The molecule has 142 valence electrons. The van der Waals surface area contributed by atoms with Crippen LogP contribution < -0.4 is 0 Å². The van der Waals surface area contributed by atoms with Crippen molar-refractivity contribution < 1.29 is 18.8 Å². The fourth-order valence-corrected chi connectivity index (χ4v) is 4.91. The molecular weight excluding hydrogens is 364 g/mol. The zero-order valence-electron chi connectivity index (χ0n) is 15.2. The highest BCUT2D eigenvalue weighted by Crippen LogP contribution is 2.47. The van der Waals surface area contributed by atoms with E-state index >= 15 is 0 Å². The number of carbonyl (C=O) groups is 2. The average Bonchev–Trinajstić information content (AvgIpc) is 3.41. The molecule has 0 bridgehead atoms. The number of nitrogens with zero attached hydrogens (tertiary/aromatic N) is 2. The summed E-state index contributed by atoms with van der Waals surface area (Å²) in [4.78, 5) is 28.7. The third-order valence-corrected chi connectivity index (χ3v) is 6.39. The van der Waals surface area contributed by atoms with E-state index in [4.69, 9.17) is 9.26 Å². The monoisotopic (exact) mass is 386 g/mol. The van der Waals surface area contributed by atoms with E-state index in [-0.39, 0.29) is 23.6 Å². The number of carbonyl (C=O) groups excluding carboxylic acids is 2. The van der Waals surface area contributed by atoms with Gasteiger partial charge in [-0.3, -0.25) is 9.59 Å². The lowest BCUT2D eigenvalue weighted by Gasteiger charge is -2.37. The molecule has 1 fully saturated rings. The van der Waals surface area contributed by atoms with Gasteiger partial charge in [-0.2, -0.15) is 0 Å². The van der Waals surface area contributed by atoms with E-state index in [1.165, 1.54) is 11.3 Å². The fraction of sp³-hybridized carbons (Fsp3) is 0.450. The Morgan fingerprint density at radius 2 is 2.33 bits per heavy atom. The Morgan fingerprint density at radius 1 is 1.44 bits per heavy atom. The summed E-state index contributed by atoms with van der Waals surface area (Å²) in [5.74, 6) is 0.187. The van der Waals surface area contributed by atoms with Gasteiger partial charge in [-0.15, -0.1) is 11.3 Å². The van der Waals surface area contributed by atoms with Crippen molar-refractivity contribution in [3.63, 3.8) is 0 Å². The van der Waals surface area contributed by atoms with Crippen LogP contribution in [0.1, 0.15) is 43.1 Å². The first-order valence-electron chi connectivity index (χ1n) is 9.29. The third kappa shape index (κ3) is 3.10. The van der Waals surface area contributed by atoms with Crippen molar-refractivity contribution in [1.29, 1.82) is 0 Å². The number of esters is 1. The van der Waals surface area contributed by atoms with Gasteiger partial charge in [0.1, 0.15) is 0 Å². The van der Waals surface area contributed by atoms with Gasteiger partial charge < -0.3 is 14.2 Å². The Hall–Kier alpha value is -2.41. The summed E-state index contributed by atoms with van der Waals surface area (Å²) in [6.07, 6.45) is 7.01. The van der Waals surface area contributed by atoms with Crippen molar-refractivity contribution >= 4 is 23.2 Å². The number of fused-ring (bicyclic) bond motifs is 1. The van der Waals surface area contributed by atoms with E-state index < -0.39 is 5.41 Å². The summed E-state index contributed by atoms with van der Waals surface area (Å²) < 4.78 is 10.8. The molecule has 0 radical (unpaired) electrons. The van der Waals surface area contributed by atoms with Gasteiger partial charge in [-0.25, -0.2) is 0 Å². The second-order valence-corrected chi connectivity index (χ2v) is 7.92. The average molecular weight is 386 g/mol. The predicted molar refractivity (Wildman–Crippen MR) is 101 cm³/mol. The molecule has 0 unspecified atom stereocenters. The molecular formula is C20H22N2O4S. The van der Waals surface area contributed by atoms with E-state index in [1.807, 2.05) is 36.6 Å². The zero-order valence-corrected chi connectivity index (χ0v) is 16.0. The third-order valence-electron chi connectivity index (χ3n) is 5.50. The Balaban J connectivity index is 1.63. The van der Waals surface area contributed by atoms with Crippen LogP contribution in [0.2, 0.25) is 0 Å². The highest BCUT2D eigenvalue weighted by Gasteiger charge is 2.53. The van der Waals surface area contributed by atoms with Gasteiger partial charge >= 0.3 is 5.97 Å². The molecule has 27 heavy (non-hydrogen) atoms. The molecule has 0 N–H and O–H groups in total. The molecule has 1 aliphatic heterocycles. The Bertz CT molecular complexity index is 857. The Morgan fingerprint density at radius 3 is 3.11 bits per heavy atom. The maximum atomic E-state index is 13.2. The minimum atomic E-state index is -0.654. The van der Waals surface area contributed by atoms with Crippen LogP contribution in [0, 0.1) is 5.41 Å². The van der Waals surface area contributed by atoms with Gasteiger partial charge in [0.2, 0.25) is 0 Å². The first kappa shape index (κ1) is 18.0. The number of amides is 1. The van der Waals surface area contributed by atoms with Crippen LogP contribution in [0.5, 0.6) is 0 Å². The number of allylic oxidation sites excluding steroid dienone is 1. The van der Waals surface area contributed by atoms with E-state index in [2.05, 4.69) is 5.16 Å². The lowest BCUT2D eigenvalue weighted by Crippen LogP contribution is -2.51. The molecule has 2 atom stereocenters. The SMILES string of the molecule is CCOC(=O)[C@@]12CC=CCN(C(=O)c3cc(-c4cccs4)on3)[C@@H]1CCC2. The molecule has 6 nitrogen and oxygen atoms in total. The molecule has 1 saturated carbocycles. The van der Waals surface area contributed by atoms with Crippen LogP contribution >= 0.6 is 11.3 Å². The van der Waals surface area contributed by atoms with Crippen LogP contribution in [0.15, 0.2) is 40.3 Å². The van der Waals surface area contributed by atoms with Crippen LogP contribution in [-0.2, 0) is 9.53 Å². The molecule has 2 aromatic rings. The highest BCUT2D eigenvalue weighted by molar-refractivity contribution is 7.13. The maximum Gasteiger partial charge on any atom is 0.314 e. The van der Waals surface area contributed by atoms with Gasteiger partial charge in [-0.1, -0.05) is 29.8 Å². The molecule has 0 saturated heterocycles. The summed E-state index contributed by atoms with van der Waals surface area (Å²) in [5, 5.41) is 5.95. The van der Waals surface area contributed by atoms with Gasteiger partial charge in [0, 0.05) is 18.7 Å². The number of hydrogen-bond acceptors (Lipinski definition) is 6. The molecule has 2 aromatic heterocycles. The second kappa shape index (κ2) is 7.31. The lowest BCUT2D eigenvalue weighted by atomic mass is 9.79. The number of ether oxygens (including phenoxy) is 1. The quantitative estimate of drug-likeness (QED) is 0.588. The second-order valence-electron chi connectivity index (χ2n) is 6.97. The summed E-state index contributed by atoms with van der Waals surface area (Å²) in [5.41, 5.74) is -0.378. The number of aromatic nitrogens is 1. The van der Waals surface area contributed by atoms with Crippen molar-refractivity contribution in [2.75, 3.05) is 13.2 Å². The predicted octanol–water partition coefficient (Wildman–Crippen LogP) is 3.91. The summed E-state index contributed by atoms with van der Waals surface area (Å²) >= 11 is 1.53. The van der Waals surface area contributed by atoms with Crippen molar-refractivity contribution in [1.82, 2.24) is 10.1 Å². The van der Waals surface area contributed by atoms with Gasteiger partial charge in [0.05, 0.1) is 16.9 Å². The minimum Gasteiger partial charge on any atom is -0.465 e. The van der Waals surface area contributed by atoms with E-state index in [0.29, 0.717) is 25.3 Å². The number of thiophene rings is 1. The minimum absolute atomic E-state index is 0.180. The highest BCUT2D eigenvalue weighted by atomic mass is 32.1.